The number of hydrogen-bond donors (Lipinski definition) is 2. The van der Waals surface area contributed by atoms with Crippen molar-refractivity contribution in [1.82, 2.24) is 10.0 Å². The molecule has 34 heavy (non-hydrogen) atoms. The maximum atomic E-state index is 13.6. The standard InChI is InChI=1S/C28H26N2O3S/c31-28(29-27(23-15-7-2-8-16-23)24-17-9-3-10-18-24)26(21-22-13-5-1-6-14-22)30-34(32,33)25-19-11-4-12-20-25/h1-20,26-27,30H,21H2,(H,29,31). The summed E-state index contributed by atoms with van der Waals surface area (Å²) in [7, 11) is -3.90. The van der Waals surface area contributed by atoms with E-state index < -0.39 is 28.0 Å². The highest BCUT2D eigenvalue weighted by Crippen LogP contribution is 2.22. The number of amides is 1. The van der Waals surface area contributed by atoms with Crippen molar-refractivity contribution in [1.29, 1.82) is 0 Å². The van der Waals surface area contributed by atoms with Gasteiger partial charge in [0.25, 0.3) is 0 Å². The van der Waals surface area contributed by atoms with Gasteiger partial charge >= 0.3 is 0 Å². The minimum Gasteiger partial charge on any atom is -0.344 e. The van der Waals surface area contributed by atoms with Gasteiger partial charge in [-0.25, -0.2) is 8.42 Å². The van der Waals surface area contributed by atoms with E-state index >= 15 is 0 Å². The molecule has 172 valence electrons. The molecule has 4 rings (SSSR count). The van der Waals surface area contributed by atoms with Crippen molar-refractivity contribution in [2.75, 3.05) is 0 Å². The highest BCUT2D eigenvalue weighted by Gasteiger charge is 2.28. The van der Waals surface area contributed by atoms with Gasteiger partial charge in [-0.3, -0.25) is 4.79 Å². The minimum absolute atomic E-state index is 0.114. The molecule has 0 spiro atoms. The predicted octanol–water partition coefficient (Wildman–Crippen LogP) is 4.48. The van der Waals surface area contributed by atoms with Crippen LogP contribution in [0, 0.1) is 0 Å². The Hall–Kier alpha value is -3.74. The van der Waals surface area contributed by atoms with E-state index in [0.29, 0.717) is 0 Å². The molecule has 0 aliphatic rings. The van der Waals surface area contributed by atoms with E-state index in [2.05, 4.69) is 10.0 Å². The van der Waals surface area contributed by atoms with Crippen molar-refractivity contribution in [3.05, 3.63) is 138 Å². The zero-order valence-electron chi connectivity index (χ0n) is 18.5. The van der Waals surface area contributed by atoms with Gasteiger partial charge < -0.3 is 5.32 Å². The molecule has 4 aromatic carbocycles. The number of benzene rings is 4. The summed E-state index contributed by atoms with van der Waals surface area (Å²) in [6.45, 7) is 0. The largest absolute Gasteiger partial charge is 0.344 e. The molecule has 0 heterocycles. The summed E-state index contributed by atoms with van der Waals surface area (Å²) in [6.07, 6.45) is 0.217. The SMILES string of the molecule is O=C(NC(c1ccccc1)c1ccccc1)C(Cc1ccccc1)NS(=O)(=O)c1ccccc1. The molecule has 0 radical (unpaired) electrons. The van der Waals surface area contributed by atoms with Crippen molar-refractivity contribution in [2.24, 2.45) is 0 Å². The van der Waals surface area contributed by atoms with Crippen LogP contribution in [0.3, 0.4) is 0 Å². The van der Waals surface area contributed by atoms with Crippen LogP contribution in [0.2, 0.25) is 0 Å². The molecule has 0 aromatic heterocycles. The first-order chi connectivity index (χ1) is 16.5. The smallest absolute Gasteiger partial charge is 0.241 e. The van der Waals surface area contributed by atoms with Crippen LogP contribution in [0.1, 0.15) is 22.7 Å². The predicted molar refractivity (Wildman–Crippen MR) is 134 cm³/mol. The zero-order chi connectivity index (χ0) is 23.8. The Morgan fingerprint density at radius 3 is 1.59 bits per heavy atom. The van der Waals surface area contributed by atoms with Gasteiger partial charge in [0, 0.05) is 0 Å². The lowest BCUT2D eigenvalue weighted by atomic mass is 9.97. The molecular weight excluding hydrogens is 444 g/mol. The van der Waals surface area contributed by atoms with Crippen molar-refractivity contribution < 1.29 is 13.2 Å². The molecule has 6 heteroatoms. The van der Waals surface area contributed by atoms with Crippen LogP contribution < -0.4 is 10.0 Å². The minimum atomic E-state index is -3.90. The van der Waals surface area contributed by atoms with Crippen LogP contribution >= 0.6 is 0 Å². The first kappa shape index (κ1) is 23.4. The zero-order valence-corrected chi connectivity index (χ0v) is 19.4. The van der Waals surface area contributed by atoms with Crippen LogP contribution in [-0.4, -0.2) is 20.4 Å². The van der Waals surface area contributed by atoms with Gasteiger partial charge in [0.15, 0.2) is 0 Å². The second-order valence-corrected chi connectivity index (χ2v) is 9.65. The average Bonchev–Trinajstić information content (AvgIpc) is 2.89. The third-order valence-electron chi connectivity index (χ3n) is 5.50. The maximum Gasteiger partial charge on any atom is 0.241 e. The molecule has 0 saturated carbocycles. The average molecular weight is 471 g/mol. The molecule has 1 amide bonds. The third kappa shape index (κ3) is 5.98. The fourth-order valence-corrected chi connectivity index (χ4v) is 5.00. The number of sulfonamides is 1. The monoisotopic (exact) mass is 470 g/mol. The van der Waals surface area contributed by atoms with Gasteiger partial charge in [0.2, 0.25) is 15.9 Å². The van der Waals surface area contributed by atoms with E-state index in [1.165, 1.54) is 12.1 Å². The summed E-state index contributed by atoms with van der Waals surface area (Å²) in [6, 6.07) is 35.3. The summed E-state index contributed by atoms with van der Waals surface area (Å²) in [4.78, 5) is 13.7. The van der Waals surface area contributed by atoms with E-state index in [1.54, 1.807) is 18.2 Å². The van der Waals surface area contributed by atoms with E-state index in [-0.39, 0.29) is 11.3 Å². The first-order valence-electron chi connectivity index (χ1n) is 11.0. The number of rotatable bonds is 9. The molecular formula is C28H26N2O3S. The van der Waals surface area contributed by atoms with Crippen LogP contribution in [0.4, 0.5) is 0 Å². The summed E-state index contributed by atoms with van der Waals surface area (Å²) in [5, 5.41) is 3.08. The molecule has 0 fully saturated rings. The summed E-state index contributed by atoms with van der Waals surface area (Å²) < 4.78 is 28.8. The quantitative estimate of drug-likeness (QED) is 0.379. The maximum absolute atomic E-state index is 13.6. The molecule has 4 aromatic rings. The van der Waals surface area contributed by atoms with Crippen LogP contribution in [0.15, 0.2) is 126 Å². The van der Waals surface area contributed by atoms with Crippen LogP contribution in [-0.2, 0) is 21.2 Å². The molecule has 0 saturated heterocycles. The van der Waals surface area contributed by atoms with Gasteiger partial charge in [0.1, 0.15) is 6.04 Å². The molecule has 1 unspecified atom stereocenters. The summed E-state index contributed by atoms with van der Waals surface area (Å²) in [5.74, 6) is -0.402. The fourth-order valence-electron chi connectivity index (χ4n) is 3.79. The number of hydrogen-bond acceptors (Lipinski definition) is 3. The number of carbonyl (C=O) groups is 1. The van der Waals surface area contributed by atoms with Gasteiger partial charge in [-0.2, -0.15) is 4.72 Å². The Morgan fingerprint density at radius 2 is 1.09 bits per heavy atom. The lowest BCUT2D eigenvalue weighted by Gasteiger charge is -2.24. The fraction of sp³-hybridized carbons (Fsp3) is 0.107. The second-order valence-electron chi connectivity index (χ2n) is 7.94. The van der Waals surface area contributed by atoms with Crippen molar-refractivity contribution in [3.8, 4) is 0 Å². The van der Waals surface area contributed by atoms with Gasteiger partial charge in [-0.15, -0.1) is 0 Å². The Kier molecular flexibility index (Phi) is 7.52. The van der Waals surface area contributed by atoms with Crippen molar-refractivity contribution in [3.63, 3.8) is 0 Å². The highest BCUT2D eigenvalue weighted by molar-refractivity contribution is 7.89. The lowest BCUT2D eigenvalue weighted by molar-refractivity contribution is -0.123. The number of carbonyl (C=O) groups excluding carboxylic acids is 1. The summed E-state index contributed by atoms with van der Waals surface area (Å²) in [5.41, 5.74) is 2.67. The van der Waals surface area contributed by atoms with Crippen LogP contribution in [0.5, 0.6) is 0 Å². The van der Waals surface area contributed by atoms with Gasteiger partial charge in [-0.05, 0) is 35.2 Å². The summed E-state index contributed by atoms with van der Waals surface area (Å²) >= 11 is 0. The van der Waals surface area contributed by atoms with Crippen LogP contribution in [0.25, 0.3) is 0 Å². The molecule has 0 bridgehead atoms. The molecule has 0 aliphatic carbocycles. The van der Waals surface area contributed by atoms with E-state index in [0.717, 1.165) is 16.7 Å². The lowest BCUT2D eigenvalue weighted by Crippen LogP contribution is -2.48. The van der Waals surface area contributed by atoms with E-state index in [9.17, 15) is 13.2 Å². The Labute approximate surface area is 200 Å². The molecule has 1 atom stereocenters. The van der Waals surface area contributed by atoms with E-state index in [4.69, 9.17) is 0 Å². The highest BCUT2D eigenvalue weighted by atomic mass is 32.2. The third-order valence-corrected chi connectivity index (χ3v) is 6.99. The Bertz CT molecular complexity index is 1260. The topological polar surface area (TPSA) is 75.3 Å². The number of nitrogens with one attached hydrogen (secondary N) is 2. The second kappa shape index (κ2) is 10.9. The molecule has 2 N–H and O–H groups in total. The van der Waals surface area contributed by atoms with Gasteiger partial charge in [-0.1, -0.05) is 109 Å². The first-order valence-corrected chi connectivity index (χ1v) is 12.5. The van der Waals surface area contributed by atoms with Gasteiger partial charge in [0.05, 0.1) is 10.9 Å². The van der Waals surface area contributed by atoms with Crippen molar-refractivity contribution in [2.45, 2.75) is 23.4 Å². The molecule has 0 aliphatic heterocycles. The Balaban J connectivity index is 1.65. The normalized spacial score (nSPS) is 12.3. The molecule has 5 nitrogen and oxygen atoms in total. The van der Waals surface area contributed by atoms with Crippen molar-refractivity contribution >= 4 is 15.9 Å². The van der Waals surface area contributed by atoms with E-state index in [1.807, 2.05) is 91.0 Å². The Morgan fingerprint density at radius 1 is 0.647 bits per heavy atom.